The number of aryl methyl sites for hydroxylation is 1. The van der Waals surface area contributed by atoms with E-state index in [1.807, 2.05) is 67.4 Å². The number of anilines is 1. The van der Waals surface area contributed by atoms with Gasteiger partial charge in [-0.3, -0.25) is 14.4 Å². The van der Waals surface area contributed by atoms with Crippen LogP contribution in [0.5, 0.6) is 11.5 Å². The number of rotatable bonds is 6. The Kier molecular flexibility index (Phi) is 8.28. The SMILES string of the molecule is Cc1cc(Oc2ccccc2)ccc1C1(N)C(=O)C(N)C2c3c1ccc(N)c3SC2C(=O)N[C@@H]1CCCN(C(=O)[C@H]2CCN(C)C2)C1. The summed E-state index contributed by atoms with van der Waals surface area (Å²) in [6.45, 7) is 4.78. The van der Waals surface area contributed by atoms with Crippen molar-refractivity contribution in [3.05, 3.63) is 82.9 Å². The molecule has 2 amide bonds. The molecule has 2 saturated heterocycles. The van der Waals surface area contributed by atoms with Crippen molar-refractivity contribution < 1.29 is 19.1 Å². The molecule has 11 heteroatoms. The van der Waals surface area contributed by atoms with Crippen molar-refractivity contribution >= 4 is 35.0 Å². The zero-order valence-electron chi connectivity index (χ0n) is 26.8. The quantitative estimate of drug-likeness (QED) is 0.293. The Bertz CT molecular complexity index is 1740. The van der Waals surface area contributed by atoms with Crippen LogP contribution in [0.15, 0.2) is 65.6 Å². The Morgan fingerprint density at radius 2 is 1.77 bits per heavy atom. The highest BCUT2D eigenvalue weighted by molar-refractivity contribution is 8.01. The predicted octanol–water partition coefficient (Wildman–Crippen LogP) is 3.10. The lowest BCUT2D eigenvalue weighted by molar-refractivity contribution is -0.137. The van der Waals surface area contributed by atoms with E-state index in [2.05, 4.69) is 10.2 Å². The number of para-hydroxylation sites is 1. The Balaban J connectivity index is 1.14. The van der Waals surface area contributed by atoms with Crippen LogP contribution in [0.2, 0.25) is 0 Å². The molecule has 4 aliphatic rings. The van der Waals surface area contributed by atoms with Crippen LogP contribution in [-0.2, 0) is 19.9 Å². The van der Waals surface area contributed by atoms with Gasteiger partial charge < -0.3 is 37.1 Å². The van der Waals surface area contributed by atoms with Crippen LogP contribution < -0.4 is 27.3 Å². The maximum absolute atomic E-state index is 14.3. The first kappa shape index (κ1) is 31.7. The van der Waals surface area contributed by atoms with Crippen LogP contribution in [0, 0.1) is 12.8 Å². The van der Waals surface area contributed by atoms with Crippen LogP contribution in [0.25, 0.3) is 0 Å². The Morgan fingerprint density at radius 1 is 1.00 bits per heavy atom. The number of hydrogen-bond acceptors (Lipinski definition) is 9. The molecule has 0 spiro atoms. The lowest BCUT2D eigenvalue weighted by Crippen LogP contribution is -2.61. The summed E-state index contributed by atoms with van der Waals surface area (Å²) in [5, 5.41) is 2.56. The summed E-state index contributed by atoms with van der Waals surface area (Å²) in [5.41, 5.74) is 22.2. The molecule has 3 aromatic carbocycles. The van der Waals surface area contributed by atoms with Crippen LogP contribution in [-0.4, -0.2) is 78.0 Å². The zero-order chi connectivity index (χ0) is 33.0. The topological polar surface area (TPSA) is 157 Å². The number of nitrogen functional groups attached to an aromatic ring is 1. The number of thioether (sulfide) groups is 1. The second kappa shape index (κ2) is 12.3. The molecule has 10 nitrogen and oxygen atoms in total. The molecule has 7 N–H and O–H groups in total. The molecule has 4 unspecified atom stereocenters. The molecule has 3 heterocycles. The summed E-state index contributed by atoms with van der Waals surface area (Å²) in [6, 6.07) is 17.3. The number of nitrogens with one attached hydrogen (secondary N) is 1. The summed E-state index contributed by atoms with van der Waals surface area (Å²) < 4.78 is 6.03. The van der Waals surface area contributed by atoms with E-state index in [1.54, 1.807) is 12.1 Å². The van der Waals surface area contributed by atoms with Gasteiger partial charge in [0, 0.05) is 42.2 Å². The Labute approximate surface area is 279 Å². The van der Waals surface area contributed by atoms with E-state index in [0.29, 0.717) is 41.4 Å². The molecule has 0 saturated carbocycles. The predicted molar refractivity (Wildman–Crippen MR) is 182 cm³/mol. The molecule has 3 aromatic rings. The number of amides is 2. The van der Waals surface area contributed by atoms with E-state index in [9.17, 15) is 14.4 Å². The summed E-state index contributed by atoms with van der Waals surface area (Å²) in [7, 11) is 2.04. The van der Waals surface area contributed by atoms with E-state index in [4.69, 9.17) is 21.9 Å². The van der Waals surface area contributed by atoms with Crippen molar-refractivity contribution in [3.63, 3.8) is 0 Å². The number of ketones is 1. The fraction of sp³-hybridized carbons (Fsp3) is 0.417. The van der Waals surface area contributed by atoms with Crippen LogP contribution in [0.4, 0.5) is 5.69 Å². The summed E-state index contributed by atoms with van der Waals surface area (Å²) >= 11 is 1.35. The van der Waals surface area contributed by atoms with E-state index in [0.717, 1.165) is 48.4 Å². The van der Waals surface area contributed by atoms with Crippen molar-refractivity contribution in [1.82, 2.24) is 15.1 Å². The normalized spacial score (nSPS) is 28.6. The largest absolute Gasteiger partial charge is 0.457 e. The summed E-state index contributed by atoms with van der Waals surface area (Å²) in [5.74, 6) is 0.369. The van der Waals surface area contributed by atoms with Gasteiger partial charge in [-0.2, -0.15) is 0 Å². The second-order valence-electron chi connectivity index (χ2n) is 13.5. The van der Waals surface area contributed by atoms with Gasteiger partial charge in [-0.1, -0.05) is 30.3 Å². The van der Waals surface area contributed by atoms with Crippen molar-refractivity contribution in [2.24, 2.45) is 17.4 Å². The lowest BCUT2D eigenvalue weighted by Gasteiger charge is -2.42. The first-order chi connectivity index (χ1) is 22.6. The zero-order valence-corrected chi connectivity index (χ0v) is 27.6. The minimum Gasteiger partial charge on any atom is -0.457 e. The molecule has 3 aliphatic heterocycles. The number of Topliss-reactive ketones (excluding diaryl/α,β-unsaturated/α-hetero) is 1. The minimum atomic E-state index is -1.53. The summed E-state index contributed by atoms with van der Waals surface area (Å²) in [6.07, 6.45) is 2.47. The van der Waals surface area contributed by atoms with Gasteiger partial charge in [-0.05, 0) is 92.4 Å². The van der Waals surface area contributed by atoms with Gasteiger partial charge in [0.2, 0.25) is 11.8 Å². The lowest BCUT2D eigenvalue weighted by atomic mass is 9.64. The standard InChI is InChI=1S/C36H42N6O4S/c1-20-17-24(46-23-8-4-3-5-9-23)10-11-25(20)36(39)26-12-13-27(37)31-28(26)29(30(38)33(36)43)32(47-31)34(44)40-22-7-6-15-42(19-22)35(45)21-14-16-41(2)18-21/h3-5,8-13,17,21-22,29-30,32H,6-7,14-16,18-19,37-39H2,1-2H3,(H,40,44)/t21-,22+,29?,30?,32?,36?/m0/s1. The number of benzene rings is 3. The molecule has 47 heavy (non-hydrogen) atoms. The fourth-order valence-corrected chi connectivity index (χ4v) is 9.39. The van der Waals surface area contributed by atoms with E-state index in [1.165, 1.54) is 11.8 Å². The average molecular weight is 655 g/mol. The molecule has 2 fully saturated rings. The first-order valence-corrected chi connectivity index (χ1v) is 17.2. The maximum atomic E-state index is 14.3. The van der Waals surface area contributed by atoms with Gasteiger partial charge in [-0.25, -0.2) is 0 Å². The fourth-order valence-electron chi connectivity index (χ4n) is 7.94. The van der Waals surface area contributed by atoms with Gasteiger partial charge in [0.05, 0.1) is 17.2 Å². The van der Waals surface area contributed by atoms with Crippen LogP contribution >= 0.6 is 11.8 Å². The van der Waals surface area contributed by atoms with E-state index in [-0.39, 0.29) is 29.6 Å². The second-order valence-corrected chi connectivity index (χ2v) is 14.6. The number of carbonyl (C=O) groups is 3. The van der Waals surface area contributed by atoms with Gasteiger partial charge >= 0.3 is 0 Å². The number of nitrogens with two attached hydrogens (primary N) is 3. The van der Waals surface area contributed by atoms with E-state index >= 15 is 0 Å². The maximum Gasteiger partial charge on any atom is 0.234 e. The highest BCUT2D eigenvalue weighted by Crippen LogP contribution is 2.56. The molecule has 7 rings (SSSR count). The number of piperidine rings is 1. The molecular weight excluding hydrogens is 613 g/mol. The van der Waals surface area contributed by atoms with Gasteiger partial charge in [0.15, 0.2) is 5.78 Å². The smallest absolute Gasteiger partial charge is 0.234 e. The number of carbonyl (C=O) groups excluding carboxylic acids is 3. The van der Waals surface area contributed by atoms with Crippen molar-refractivity contribution in [2.75, 3.05) is 39.0 Å². The van der Waals surface area contributed by atoms with Crippen molar-refractivity contribution in [1.29, 1.82) is 0 Å². The minimum absolute atomic E-state index is 0.00902. The van der Waals surface area contributed by atoms with Crippen molar-refractivity contribution in [3.8, 4) is 11.5 Å². The van der Waals surface area contributed by atoms with Gasteiger partial charge in [0.1, 0.15) is 17.0 Å². The first-order valence-electron chi connectivity index (χ1n) is 16.4. The Morgan fingerprint density at radius 3 is 2.49 bits per heavy atom. The summed E-state index contributed by atoms with van der Waals surface area (Å²) in [4.78, 5) is 46.4. The van der Waals surface area contributed by atoms with E-state index < -0.39 is 22.7 Å². The molecule has 1 aliphatic carbocycles. The number of hydrogen-bond donors (Lipinski definition) is 4. The molecule has 6 atom stereocenters. The number of ether oxygens (including phenoxy) is 1. The molecule has 0 bridgehead atoms. The van der Waals surface area contributed by atoms with Crippen LogP contribution in [0.3, 0.4) is 0 Å². The third kappa shape index (κ3) is 5.48. The van der Waals surface area contributed by atoms with Crippen LogP contribution in [0.1, 0.15) is 47.4 Å². The number of likely N-dealkylation sites (tertiary alicyclic amines) is 2. The average Bonchev–Trinajstić information content (AvgIpc) is 3.69. The molecular formula is C36H42N6O4S. The highest BCUT2D eigenvalue weighted by atomic mass is 32.2. The highest BCUT2D eigenvalue weighted by Gasteiger charge is 2.57. The Hall–Kier alpha value is -3.90. The molecule has 0 aromatic heterocycles. The van der Waals surface area contributed by atoms with Crippen molar-refractivity contribution in [2.45, 2.75) is 59.9 Å². The number of nitrogens with zero attached hydrogens (tertiary/aromatic N) is 2. The van der Waals surface area contributed by atoms with Gasteiger partial charge in [-0.15, -0.1) is 11.8 Å². The van der Waals surface area contributed by atoms with Gasteiger partial charge in [0.25, 0.3) is 0 Å². The monoisotopic (exact) mass is 654 g/mol. The third-order valence-corrected chi connectivity index (χ3v) is 11.8. The third-order valence-electron chi connectivity index (χ3n) is 10.3. The molecule has 246 valence electrons. The molecule has 0 radical (unpaired) electrons.